The first-order chi connectivity index (χ1) is 12.8. The van der Waals surface area contributed by atoms with Crippen LogP contribution in [0.1, 0.15) is 40.5 Å². The first kappa shape index (κ1) is 23.2. The van der Waals surface area contributed by atoms with Crippen molar-refractivity contribution < 1.29 is 24.1 Å². The molecule has 2 rings (SSSR count). The van der Waals surface area contributed by atoms with Gasteiger partial charge in [-0.25, -0.2) is 4.79 Å². The lowest BCUT2D eigenvalue weighted by Crippen LogP contribution is -2.49. The molecule has 1 heterocycles. The first-order valence-electron chi connectivity index (χ1n) is 9.55. The quantitative estimate of drug-likeness (QED) is 0.787. The number of aliphatic hydroxyl groups excluding tert-OH is 1. The fourth-order valence-electron chi connectivity index (χ4n) is 2.80. The number of nitrogens with zero attached hydrogens (tertiary/aromatic N) is 1. The topological polar surface area (TPSA) is 68.2 Å². The van der Waals surface area contributed by atoms with Crippen molar-refractivity contribution in [3.8, 4) is 5.75 Å². The third kappa shape index (κ3) is 9.11. The fourth-order valence-corrected chi connectivity index (χ4v) is 2.80. The Kier molecular flexibility index (Phi) is 10.2. The number of aliphatic hydroxyl groups is 1. The van der Waals surface area contributed by atoms with Crippen LogP contribution in [0, 0.1) is 5.92 Å². The Morgan fingerprint density at radius 1 is 1.22 bits per heavy atom. The average Bonchev–Trinajstić information content (AvgIpc) is 2.62. The van der Waals surface area contributed by atoms with Gasteiger partial charge in [-0.15, -0.1) is 0 Å². The molecule has 27 heavy (non-hydrogen) atoms. The predicted molar refractivity (Wildman–Crippen MR) is 106 cm³/mol. The van der Waals surface area contributed by atoms with E-state index in [-0.39, 0.29) is 24.7 Å². The van der Waals surface area contributed by atoms with E-state index in [1.165, 1.54) is 0 Å². The number of methoxy groups -OCH3 is 1. The first-order valence-corrected chi connectivity index (χ1v) is 9.55. The van der Waals surface area contributed by atoms with Crippen LogP contribution in [0.25, 0.3) is 0 Å². The van der Waals surface area contributed by atoms with Crippen molar-refractivity contribution >= 4 is 6.09 Å². The van der Waals surface area contributed by atoms with Gasteiger partial charge in [0.05, 0.1) is 6.61 Å². The summed E-state index contributed by atoms with van der Waals surface area (Å²) in [6.07, 6.45) is 1.66. The summed E-state index contributed by atoms with van der Waals surface area (Å²) in [5, 5.41) is 9.21. The summed E-state index contributed by atoms with van der Waals surface area (Å²) in [4.78, 5) is 13.6. The Morgan fingerprint density at radius 3 is 2.44 bits per heavy atom. The summed E-state index contributed by atoms with van der Waals surface area (Å²) in [5.74, 6) is 1.07. The molecule has 0 spiro atoms. The third-order valence-electron chi connectivity index (χ3n) is 4.31. The van der Waals surface area contributed by atoms with Crippen LogP contribution >= 0.6 is 0 Å². The molecule has 1 aromatic carbocycles. The summed E-state index contributed by atoms with van der Waals surface area (Å²) >= 11 is 0. The maximum atomic E-state index is 11.9. The molecule has 0 radical (unpaired) electrons. The van der Waals surface area contributed by atoms with Crippen LogP contribution in [0.5, 0.6) is 5.75 Å². The van der Waals surface area contributed by atoms with Gasteiger partial charge < -0.3 is 24.2 Å². The molecule has 0 aromatic heterocycles. The van der Waals surface area contributed by atoms with Crippen LogP contribution in [-0.4, -0.2) is 61.2 Å². The largest absolute Gasteiger partial charge is 0.491 e. The molecule has 1 saturated heterocycles. The summed E-state index contributed by atoms with van der Waals surface area (Å²) in [7, 11) is 1.66. The minimum Gasteiger partial charge on any atom is -0.491 e. The highest BCUT2D eigenvalue weighted by Crippen LogP contribution is 2.24. The van der Waals surface area contributed by atoms with Gasteiger partial charge in [-0.05, 0) is 52.7 Å². The van der Waals surface area contributed by atoms with Gasteiger partial charge >= 0.3 is 6.09 Å². The molecule has 1 fully saturated rings. The number of benzene rings is 1. The van der Waals surface area contributed by atoms with E-state index in [0.717, 1.165) is 25.1 Å². The molecule has 1 unspecified atom stereocenters. The molecule has 154 valence electrons. The monoisotopic (exact) mass is 381 g/mol. The van der Waals surface area contributed by atoms with E-state index in [0.29, 0.717) is 13.2 Å². The van der Waals surface area contributed by atoms with Crippen LogP contribution in [0.4, 0.5) is 4.79 Å². The number of piperidine rings is 1. The van der Waals surface area contributed by atoms with Crippen LogP contribution in [-0.2, 0) is 9.47 Å². The van der Waals surface area contributed by atoms with Crippen molar-refractivity contribution in [2.24, 2.45) is 5.92 Å². The van der Waals surface area contributed by atoms with Gasteiger partial charge in [-0.2, -0.15) is 0 Å². The van der Waals surface area contributed by atoms with E-state index in [9.17, 15) is 9.90 Å². The van der Waals surface area contributed by atoms with E-state index in [2.05, 4.69) is 0 Å². The highest BCUT2D eigenvalue weighted by molar-refractivity contribution is 5.68. The molecule has 1 N–H and O–H groups in total. The number of carbonyl (C=O) groups excluding carboxylic acids is 1. The third-order valence-corrected chi connectivity index (χ3v) is 4.31. The van der Waals surface area contributed by atoms with Crippen molar-refractivity contribution in [3.63, 3.8) is 0 Å². The maximum Gasteiger partial charge on any atom is 0.410 e. The highest BCUT2D eigenvalue weighted by atomic mass is 16.6. The Morgan fingerprint density at radius 2 is 1.89 bits per heavy atom. The second kappa shape index (κ2) is 11.8. The van der Waals surface area contributed by atoms with E-state index < -0.39 is 5.60 Å². The summed E-state index contributed by atoms with van der Waals surface area (Å²) in [6, 6.07) is 9.77. The number of amides is 1. The SMILES string of the molecule is COCCOc1ccccc1.C[C@@H]1C(CO)CCCN1C(=O)OC(C)(C)C. The van der Waals surface area contributed by atoms with Gasteiger partial charge in [0.2, 0.25) is 0 Å². The Hall–Kier alpha value is -1.79. The van der Waals surface area contributed by atoms with Crippen LogP contribution in [0.15, 0.2) is 30.3 Å². The number of likely N-dealkylation sites (tertiary alicyclic amines) is 1. The minimum atomic E-state index is -0.455. The molecule has 1 aliphatic rings. The Bertz CT molecular complexity index is 529. The van der Waals surface area contributed by atoms with Crippen LogP contribution in [0.3, 0.4) is 0 Å². The molecular formula is C21H35NO5. The zero-order chi connectivity index (χ0) is 20.3. The summed E-state index contributed by atoms with van der Waals surface area (Å²) < 4.78 is 15.5. The van der Waals surface area contributed by atoms with Gasteiger partial charge in [0.1, 0.15) is 18.0 Å². The van der Waals surface area contributed by atoms with Crippen molar-refractivity contribution in [1.29, 1.82) is 0 Å². The van der Waals surface area contributed by atoms with Gasteiger partial charge in [0, 0.05) is 32.2 Å². The van der Waals surface area contributed by atoms with Crippen LogP contribution in [0.2, 0.25) is 0 Å². The van der Waals surface area contributed by atoms with Crippen molar-refractivity contribution in [2.75, 3.05) is 33.5 Å². The standard InChI is InChI=1S/C12H23NO3.C9H12O2/c1-9-10(8-14)6-5-7-13(9)11(15)16-12(2,3)4;1-10-7-8-11-9-5-3-2-4-6-9/h9-10,14H,5-8H2,1-4H3;2-6H,7-8H2,1H3/t9-,10?;/m1./s1. The highest BCUT2D eigenvalue weighted by Gasteiger charge is 2.33. The predicted octanol–water partition coefficient (Wildman–Crippen LogP) is 3.73. The summed E-state index contributed by atoms with van der Waals surface area (Å²) in [6.45, 7) is 9.68. The summed E-state index contributed by atoms with van der Waals surface area (Å²) in [5.41, 5.74) is -0.455. The van der Waals surface area contributed by atoms with Gasteiger partial charge in [0.25, 0.3) is 0 Å². The van der Waals surface area contributed by atoms with Gasteiger partial charge in [-0.1, -0.05) is 18.2 Å². The fraction of sp³-hybridized carbons (Fsp3) is 0.667. The molecule has 2 atom stereocenters. The molecule has 1 aromatic rings. The normalized spacial score (nSPS) is 19.7. The van der Waals surface area contributed by atoms with E-state index in [1.807, 2.05) is 58.0 Å². The van der Waals surface area contributed by atoms with Crippen molar-refractivity contribution in [1.82, 2.24) is 4.90 Å². The molecule has 1 aliphatic heterocycles. The van der Waals surface area contributed by atoms with E-state index >= 15 is 0 Å². The van der Waals surface area contributed by atoms with Crippen molar-refractivity contribution in [2.45, 2.75) is 52.2 Å². The van der Waals surface area contributed by atoms with Crippen molar-refractivity contribution in [3.05, 3.63) is 30.3 Å². The lowest BCUT2D eigenvalue weighted by atomic mass is 9.91. The number of para-hydroxylation sites is 1. The van der Waals surface area contributed by atoms with Gasteiger partial charge in [0.15, 0.2) is 0 Å². The molecular weight excluding hydrogens is 346 g/mol. The zero-order valence-corrected chi connectivity index (χ0v) is 17.3. The maximum absolute atomic E-state index is 11.9. The number of carbonyl (C=O) groups is 1. The van der Waals surface area contributed by atoms with Crippen LogP contribution < -0.4 is 4.74 Å². The molecule has 0 saturated carbocycles. The second-order valence-corrected chi connectivity index (χ2v) is 7.65. The smallest absolute Gasteiger partial charge is 0.410 e. The van der Waals surface area contributed by atoms with E-state index in [4.69, 9.17) is 14.2 Å². The zero-order valence-electron chi connectivity index (χ0n) is 17.3. The lowest BCUT2D eigenvalue weighted by molar-refractivity contribution is -0.00286. The molecule has 0 bridgehead atoms. The molecule has 1 amide bonds. The molecule has 6 heteroatoms. The Labute approximate surface area is 163 Å². The van der Waals surface area contributed by atoms with E-state index in [1.54, 1.807) is 12.0 Å². The minimum absolute atomic E-state index is 0.0635. The molecule has 6 nitrogen and oxygen atoms in total. The number of hydrogen-bond acceptors (Lipinski definition) is 5. The Balaban J connectivity index is 0.000000289. The number of ether oxygens (including phenoxy) is 3. The molecule has 0 aliphatic carbocycles. The lowest BCUT2D eigenvalue weighted by Gasteiger charge is -2.39. The number of rotatable bonds is 5. The van der Waals surface area contributed by atoms with Gasteiger partial charge in [-0.3, -0.25) is 0 Å². The number of hydrogen-bond donors (Lipinski definition) is 1. The second-order valence-electron chi connectivity index (χ2n) is 7.65. The average molecular weight is 382 g/mol.